The van der Waals surface area contributed by atoms with Crippen molar-refractivity contribution in [1.29, 1.82) is 0 Å². The van der Waals surface area contributed by atoms with Gasteiger partial charge in [-0.15, -0.1) is 6.58 Å². The molecule has 0 spiro atoms. The SMILES string of the molecule is C=CCCCCCCCNC(=C)CNc1ccc(C(=O)N(C)C(CCCO)C(=O)NC)c(C)c1. The Morgan fingerprint density at radius 2 is 1.85 bits per heavy atom. The molecule has 190 valence electrons. The third-order valence-corrected chi connectivity index (χ3v) is 5.90. The number of unbranched alkanes of at least 4 members (excludes halogenated alkanes) is 5. The Labute approximate surface area is 205 Å². The molecule has 0 aliphatic heterocycles. The van der Waals surface area contributed by atoms with Gasteiger partial charge in [0.25, 0.3) is 5.91 Å². The van der Waals surface area contributed by atoms with Crippen molar-refractivity contribution in [3.8, 4) is 0 Å². The standard InChI is InChI=1S/C27H44N4O3/c1-6-7-8-9-10-11-12-17-29-22(3)20-30-23-15-16-24(21(2)19-23)27(34)31(5)25(14-13-18-32)26(33)28-4/h6,15-16,19,25,29-30,32H,1,3,7-14,17-18,20H2,2,4-5H3,(H,28,33). The number of benzene rings is 1. The maximum atomic E-state index is 13.0. The molecule has 2 amide bonds. The van der Waals surface area contributed by atoms with E-state index >= 15 is 0 Å². The maximum Gasteiger partial charge on any atom is 0.254 e. The van der Waals surface area contributed by atoms with Gasteiger partial charge in [0.1, 0.15) is 6.04 Å². The maximum absolute atomic E-state index is 13.0. The Hall–Kier alpha value is -2.80. The van der Waals surface area contributed by atoms with Crippen LogP contribution in [0.3, 0.4) is 0 Å². The summed E-state index contributed by atoms with van der Waals surface area (Å²) < 4.78 is 0. The molecule has 0 aliphatic rings. The Kier molecular flexibility index (Phi) is 14.4. The van der Waals surface area contributed by atoms with Crippen LogP contribution in [0.15, 0.2) is 43.1 Å². The number of nitrogens with zero attached hydrogens (tertiary/aromatic N) is 1. The van der Waals surface area contributed by atoms with Gasteiger partial charge >= 0.3 is 0 Å². The first-order valence-electron chi connectivity index (χ1n) is 12.3. The normalized spacial score (nSPS) is 11.4. The summed E-state index contributed by atoms with van der Waals surface area (Å²) in [6.07, 6.45) is 10.0. The number of likely N-dealkylation sites (N-methyl/N-ethyl adjacent to an activating group) is 2. The smallest absolute Gasteiger partial charge is 0.254 e. The van der Waals surface area contributed by atoms with Gasteiger partial charge in [-0.2, -0.15) is 0 Å². The van der Waals surface area contributed by atoms with E-state index in [9.17, 15) is 9.59 Å². The van der Waals surface area contributed by atoms with Crippen LogP contribution < -0.4 is 16.0 Å². The van der Waals surface area contributed by atoms with Crippen molar-refractivity contribution >= 4 is 17.5 Å². The van der Waals surface area contributed by atoms with Crippen LogP contribution in [0.1, 0.15) is 67.3 Å². The summed E-state index contributed by atoms with van der Waals surface area (Å²) in [5.74, 6) is -0.454. The molecule has 1 rings (SSSR count). The van der Waals surface area contributed by atoms with Crippen LogP contribution in [0.2, 0.25) is 0 Å². The van der Waals surface area contributed by atoms with Gasteiger partial charge < -0.3 is 26.0 Å². The molecule has 7 nitrogen and oxygen atoms in total. The number of nitrogens with one attached hydrogen (secondary N) is 3. The first kappa shape index (κ1) is 29.2. The molecule has 0 saturated heterocycles. The number of hydrogen-bond donors (Lipinski definition) is 4. The van der Waals surface area contributed by atoms with Gasteiger partial charge in [0.2, 0.25) is 5.91 Å². The van der Waals surface area contributed by atoms with E-state index in [1.807, 2.05) is 25.1 Å². The Morgan fingerprint density at radius 3 is 2.50 bits per heavy atom. The van der Waals surface area contributed by atoms with Crippen LogP contribution in [-0.4, -0.2) is 61.7 Å². The summed E-state index contributed by atoms with van der Waals surface area (Å²) in [5.41, 5.74) is 3.22. The number of amides is 2. The summed E-state index contributed by atoms with van der Waals surface area (Å²) in [4.78, 5) is 26.7. The van der Waals surface area contributed by atoms with Crippen LogP contribution >= 0.6 is 0 Å². The van der Waals surface area contributed by atoms with Crippen molar-refractivity contribution in [3.05, 3.63) is 54.3 Å². The van der Waals surface area contributed by atoms with Crippen LogP contribution in [0, 0.1) is 6.92 Å². The van der Waals surface area contributed by atoms with E-state index in [0.717, 1.165) is 36.3 Å². The summed E-state index contributed by atoms with van der Waals surface area (Å²) in [6, 6.07) is 4.96. The monoisotopic (exact) mass is 472 g/mol. The van der Waals surface area contributed by atoms with Crippen molar-refractivity contribution in [2.24, 2.45) is 0 Å². The van der Waals surface area contributed by atoms with E-state index in [2.05, 4.69) is 29.1 Å². The van der Waals surface area contributed by atoms with E-state index in [4.69, 9.17) is 5.11 Å². The Balaban J connectivity index is 2.53. The fraction of sp³-hybridized carbons (Fsp3) is 0.556. The predicted molar refractivity (Wildman–Crippen MR) is 141 cm³/mol. The summed E-state index contributed by atoms with van der Waals surface area (Å²) >= 11 is 0. The zero-order valence-electron chi connectivity index (χ0n) is 21.3. The van der Waals surface area contributed by atoms with Gasteiger partial charge in [-0.3, -0.25) is 9.59 Å². The van der Waals surface area contributed by atoms with Gasteiger partial charge in [-0.25, -0.2) is 0 Å². The molecule has 4 N–H and O–H groups in total. The van der Waals surface area contributed by atoms with Gasteiger partial charge in [0.05, 0.1) is 6.54 Å². The second-order valence-corrected chi connectivity index (χ2v) is 8.67. The molecule has 0 bridgehead atoms. The highest BCUT2D eigenvalue weighted by Crippen LogP contribution is 2.19. The molecule has 1 aromatic rings. The first-order chi connectivity index (χ1) is 16.3. The number of hydrogen-bond acceptors (Lipinski definition) is 5. The van der Waals surface area contributed by atoms with Crippen molar-refractivity contribution in [1.82, 2.24) is 15.5 Å². The van der Waals surface area contributed by atoms with Gasteiger partial charge in [-0.1, -0.05) is 31.9 Å². The Bertz CT molecular complexity index is 794. The second-order valence-electron chi connectivity index (χ2n) is 8.67. The lowest BCUT2D eigenvalue weighted by molar-refractivity contribution is -0.125. The number of aryl methyl sites for hydroxylation is 1. The number of rotatable bonds is 18. The number of allylic oxidation sites excluding steroid dienone is 1. The number of anilines is 1. The zero-order chi connectivity index (χ0) is 25.3. The summed E-state index contributed by atoms with van der Waals surface area (Å²) in [5, 5.41) is 18.4. The molecule has 1 aromatic carbocycles. The number of carbonyl (C=O) groups excluding carboxylic acids is 2. The van der Waals surface area contributed by atoms with Gasteiger partial charge in [0.15, 0.2) is 0 Å². The average Bonchev–Trinajstić information content (AvgIpc) is 2.83. The van der Waals surface area contributed by atoms with Crippen molar-refractivity contribution < 1.29 is 14.7 Å². The lowest BCUT2D eigenvalue weighted by Crippen LogP contribution is -2.47. The molecule has 1 atom stereocenters. The third kappa shape index (κ3) is 10.4. The molecule has 0 fully saturated rings. The van der Waals surface area contributed by atoms with Crippen molar-refractivity contribution in [2.75, 3.05) is 39.1 Å². The molecular weight excluding hydrogens is 428 g/mol. The van der Waals surface area contributed by atoms with Crippen molar-refractivity contribution in [3.63, 3.8) is 0 Å². The van der Waals surface area contributed by atoms with E-state index < -0.39 is 6.04 Å². The molecule has 0 aliphatic carbocycles. The second kappa shape index (κ2) is 16.8. The fourth-order valence-corrected chi connectivity index (χ4v) is 3.78. The molecule has 0 aromatic heterocycles. The minimum absolute atomic E-state index is 0.0227. The minimum atomic E-state index is -0.622. The largest absolute Gasteiger partial charge is 0.396 e. The minimum Gasteiger partial charge on any atom is -0.396 e. The van der Waals surface area contributed by atoms with Crippen LogP contribution in [0.4, 0.5) is 5.69 Å². The molecule has 1 unspecified atom stereocenters. The molecule has 0 radical (unpaired) electrons. The first-order valence-corrected chi connectivity index (χ1v) is 12.3. The predicted octanol–water partition coefficient (Wildman–Crippen LogP) is 4.00. The van der Waals surface area contributed by atoms with Crippen LogP contribution in [0.25, 0.3) is 0 Å². The van der Waals surface area contributed by atoms with E-state index in [0.29, 0.717) is 24.9 Å². The topological polar surface area (TPSA) is 93.7 Å². The van der Waals surface area contributed by atoms with Crippen molar-refractivity contribution in [2.45, 2.75) is 64.3 Å². The molecule has 0 heterocycles. The Morgan fingerprint density at radius 1 is 1.15 bits per heavy atom. The lowest BCUT2D eigenvalue weighted by atomic mass is 10.0. The molecular formula is C27H44N4O3. The van der Waals surface area contributed by atoms with Crippen LogP contribution in [-0.2, 0) is 4.79 Å². The zero-order valence-corrected chi connectivity index (χ0v) is 21.3. The lowest BCUT2D eigenvalue weighted by Gasteiger charge is -2.27. The summed E-state index contributed by atoms with van der Waals surface area (Å²) in [7, 11) is 3.18. The van der Waals surface area contributed by atoms with Crippen LogP contribution in [0.5, 0.6) is 0 Å². The highest BCUT2D eigenvalue weighted by molar-refractivity contribution is 5.98. The number of carbonyl (C=O) groups is 2. The fourth-order valence-electron chi connectivity index (χ4n) is 3.78. The van der Waals surface area contributed by atoms with E-state index in [-0.39, 0.29) is 18.4 Å². The average molecular weight is 473 g/mol. The summed E-state index contributed by atoms with van der Waals surface area (Å²) in [6.45, 7) is 11.2. The molecule has 0 saturated carbocycles. The highest BCUT2D eigenvalue weighted by atomic mass is 16.3. The molecule has 34 heavy (non-hydrogen) atoms. The highest BCUT2D eigenvalue weighted by Gasteiger charge is 2.27. The number of aliphatic hydroxyl groups is 1. The quantitative estimate of drug-likeness (QED) is 0.191. The van der Waals surface area contributed by atoms with Gasteiger partial charge in [0, 0.05) is 44.2 Å². The molecule has 7 heteroatoms. The third-order valence-electron chi connectivity index (χ3n) is 5.90. The van der Waals surface area contributed by atoms with E-state index in [1.54, 1.807) is 20.2 Å². The van der Waals surface area contributed by atoms with Gasteiger partial charge in [-0.05, 0) is 62.8 Å². The number of aliphatic hydroxyl groups excluding tert-OH is 1. The van der Waals surface area contributed by atoms with E-state index in [1.165, 1.54) is 30.6 Å².